The maximum atomic E-state index is 12.6. The van der Waals surface area contributed by atoms with Gasteiger partial charge in [0, 0.05) is 11.6 Å². The fourth-order valence-corrected chi connectivity index (χ4v) is 3.57. The number of benzene rings is 4. The van der Waals surface area contributed by atoms with E-state index in [9.17, 15) is 4.79 Å². The van der Waals surface area contributed by atoms with E-state index in [4.69, 9.17) is 4.42 Å². The predicted octanol–water partition coefficient (Wildman–Crippen LogP) is 6.79. The average molecular weight is 374 g/mol. The highest BCUT2D eigenvalue weighted by molar-refractivity contribution is 5.84. The first-order valence-corrected chi connectivity index (χ1v) is 9.57. The third-order valence-electron chi connectivity index (χ3n) is 5.11. The number of rotatable bonds is 3. The Hall–Kier alpha value is -3.91. The molecule has 0 unspecified atom stereocenters. The van der Waals surface area contributed by atoms with E-state index in [1.54, 1.807) is 6.07 Å². The van der Waals surface area contributed by atoms with Crippen molar-refractivity contribution in [3.8, 4) is 33.6 Å². The Bertz CT molecular complexity index is 1330. The summed E-state index contributed by atoms with van der Waals surface area (Å²) >= 11 is 0. The van der Waals surface area contributed by atoms with E-state index >= 15 is 0 Å². The quantitative estimate of drug-likeness (QED) is 0.348. The van der Waals surface area contributed by atoms with Crippen LogP contribution in [0.25, 0.3) is 44.5 Å². The maximum Gasteiger partial charge on any atom is 0.193 e. The summed E-state index contributed by atoms with van der Waals surface area (Å²) in [6.45, 7) is 0. The molecule has 0 amide bonds. The summed E-state index contributed by atoms with van der Waals surface area (Å²) in [7, 11) is 0. The topological polar surface area (TPSA) is 30.2 Å². The summed E-state index contributed by atoms with van der Waals surface area (Å²) in [5, 5.41) is 0.592. The van der Waals surface area contributed by atoms with Crippen molar-refractivity contribution in [2.45, 2.75) is 0 Å². The molecular formula is C27H18O2. The minimum atomic E-state index is -0.0314. The zero-order chi connectivity index (χ0) is 19.6. The molecule has 0 saturated heterocycles. The molecular weight excluding hydrogens is 356 g/mol. The van der Waals surface area contributed by atoms with Crippen molar-refractivity contribution < 1.29 is 4.42 Å². The van der Waals surface area contributed by atoms with Gasteiger partial charge in [-0.3, -0.25) is 4.79 Å². The summed E-state index contributed by atoms with van der Waals surface area (Å²) in [5.74, 6) is 0.583. The van der Waals surface area contributed by atoms with E-state index in [0.717, 1.165) is 16.7 Å². The molecule has 2 nitrogen and oxygen atoms in total. The van der Waals surface area contributed by atoms with Gasteiger partial charge in [0.15, 0.2) is 5.43 Å². The van der Waals surface area contributed by atoms with Crippen LogP contribution >= 0.6 is 0 Å². The van der Waals surface area contributed by atoms with E-state index in [0.29, 0.717) is 16.7 Å². The Morgan fingerprint density at radius 1 is 0.483 bits per heavy atom. The van der Waals surface area contributed by atoms with E-state index in [-0.39, 0.29) is 5.43 Å². The van der Waals surface area contributed by atoms with E-state index in [1.807, 2.05) is 66.7 Å². The molecule has 0 aliphatic carbocycles. The lowest BCUT2D eigenvalue weighted by molar-refractivity contribution is 0.619. The normalized spacial score (nSPS) is 10.9. The summed E-state index contributed by atoms with van der Waals surface area (Å²) in [4.78, 5) is 12.6. The fraction of sp³-hybridized carbons (Fsp3) is 0. The lowest BCUT2D eigenvalue weighted by Crippen LogP contribution is -2.00. The molecule has 0 aliphatic heterocycles. The van der Waals surface area contributed by atoms with Gasteiger partial charge in [0.2, 0.25) is 0 Å². The van der Waals surface area contributed by atoms with Gasteiger partial charge in [-0.25, -0.2) is 0 Å². The molecule has 1 aromatic heterocycles. The van der Waals surface area contributed by atoms with Gasteiger partial charge in [0.25, 0.3) is 0 Å². The van der Waals surface area contributed by atoms with Crippen LogP contribution in [0, 0.1) is 0 Å². The molecule has 0 bridgehead atoms. The highest BCUT2D eigenvalue weighted by Crippen LogP contribution is 2.28. The van der Waals surface area contributed by atoms with Gasteiger partial charge in [-0.05, 0) is 34.4 Å². The molecule has 0 aliphatic rings. The van der Waals surface area contributed by atoms with Crippen molar-refractivity contribution in [2.24, 2.45) is 0 Å². The number of hydrogen-bond donors (Lipinski definition) is 0. The molecule has 0 atom stereocenters. The van der Waals surface area contributed by atoms with Crippen LogP contribution in [-0.4, -0.2) is 0 Å². The molecule has 138 valence electrons. The van der Waals surface area contributed by atoms with Crippen molar-refractivity contribution in [1.29, 1.82) is 0 Å². The van der Waals surface area contributed by atoms with Crippen molar-refractivity contribution >= 4 is 11.0 Å². The van der Waals surface area contributed by atoms with Crippen molar-refractivity contribution in [2.75, 3.05) is 0 Å². The first-order chi connectivity index (χ1) is 14.3. The fourth-order valence-electron chi connectivity index (χ4n) is 3.57. The van der Waals surface area contributed by atoms with Crippen molar-refractivity contribution in [3.05, 3.63) is 119 Å². The van der Waals surface area contributed by atoms with Gasteiger partial charge in [0.1, 0.15) is 11.3 Å². The van der Waals surface area contributed by atoms with Gasteiger partial charge >= 0.3 is 0 Å². The second kappa shape index (κ2) is 7.25. The Labute approximate surface area is 168 Å². The second-order valence-corrected chi connectivity index (χ2v) is 7.00. The van der Waals surface area contributed by atoms with Gasteiger partial charge in [-0.1, -0.05) is 91.0 Å². The monoisotopic (exact) mass is 374 g/mol. The Morgan fingerprint density at radius 2 is 1.00 bits per heavy atom. The summed E-state index contributed by atoms with van der Waals surface area (Å²) in [5.41, 5.74) is 5.93. The molecule has 5 rings (SSSR count). The molecule has 4 aromatic carbocycles. The molecule has 29 heavy (non-hydrogen) atoms. The highest BCUT2D eigenvalue weighted by atomic mass is 16.3. The van der Waals surface area contributed by atoms with Crippen LogP contribution in [0.2, 0.25) is 0 Å². The highest BCUT2D eigenvalue weighted by Gasteiger charge is 2.09. The SMILES string of the molecule is O=c1cc(-c2ccccc2)oc2cc(-c3ccc(-c4ccccc4)cc3)ccc12. The zero-order valence-electron chi connectivity index (χ0n) is 15.7. The summed E-state index contributed by atoms with van der Waals surface area (Å²) in [6.07, 6.45) is 0. The van der Waals surface area contributed by atoms with Crippen LogP contribution in [0.15, 0.2) is 118 Å². The number of fused-ring (bicyclic) bond motifs is 1. The molecule has 0 radical (unpaired) electrons. The Morgan fingerprint density at radius 3 is 1.66 bits per heavy atom. The van der Waals surface area contributed by atoms with Crippen LogP contribution in [0.3, 0.4) is 0 Å². The standard InChI is InChI=1S/C27H18O2/c28-25-18-26(22-9-5-2-6-10-22)29-27-17-23(15-16-24(25)27)21-13-11-20(12-14-21)19-7-3-1-4-8-19/h1-18H. The predicted molar refractivity (Wildman–Crippen MR) is 119 cm³/mol. The first kappa shape index (κ1) is 17.2. The van der Waals surface area contributed by atoms with Gasteiger partial charge < -0.3 is 4.42 Å². The van der Waals surface area contributed by atoms with Crippen LogP contribution in [-0.2, 0) is 0 Å². The maximum absolute atomic E-state index is 12.6. The molecule has 0 fully saturated rings. The van der Waals surface area contributed by atoms with Crippen LogP contribution in [0.1, 0.15) is 0 Å². The van der Waals surface area contributed by atoms with Gasteiger partial charge in [-0.2, -0.15) is 0 Å². The summed E-state index contributed by atoms with van der Waals surface area (Å²) in [6, 6.07) is 35.8. The first-order valence-electron chi connectivity index (χ1n) is 9.57. The molecule has 0 saturated carbocycles. The van der Waals surface area contributed by atoms with Gasteiger partial charge in [0.05, 0.1) is 5.39 Å². The second-order valence-electron chi connectivity index (χ2n) is 7.00. The van der Waals surface area contributed by atoms with Crippen LogP contribution in [0.5, 0.6) is 0 Å². The van der Waals surface area contributed by atoms with Crippen LogP contribution in [0.4, 0.5) is 0 Å². The smallest absolute Gasteiger partial charge is 0.193 e. The molecule has 0 spiro atoms. The molecule has 2 heteroatoms. The van der Waals surface area contributed by atoms with Gasteiger partial charge in [-0.15, -0.1) is 0 Å². The Kier molecular flexibility index (Phi) is 4.30. The lowest BCUT2D eigenvalue weighted by atomic mass is 9.99. The number of hydrogen-bond acceptors (Lipinski definition) is 2. The molecule has 1 heterocycles. The Balaban J connectivity index is 1.56. The molecule has 0 N–H and O–H groups in total. The minimum absolute atomic E-state index is 0.0314. The minimum Gasteiger partial charge on any atom is -0.456 e. The lowest BCUT2D eigenvalue weighted by Gasteiger charge is -2.07. The molecule has 5 aromatic rings. The van der Waals surface area contributed by atoms with E-state index in [1.165, 1.54) is 11.1 Å². The largest absolute Gasteiger partial charge is 0.456 e. The van der Waals surface area contributed by atoms with Crippen molar-refractivity contribution in [3.63, 3.8) is 0 Å². The van der Waals surface area contributed by atoms with E-state index in [2.05, 4.69) is 36.4 Å². The average Bonchev–Trinajstić information content (AvgIpc) is 2.80. The van der Waals surface area contributed by atoms with Crippen LogP contribution < -0.4 is 5.43 Å². The summed E-state index contributed by atoms with van der Waals surface area (Å²) < 4.78 is 6.08. The third-order valence-corrected chi connectivity index (χ3v) is 5.11. The van der Waals surface area contributed by atoms with Crippen molar-refractivity contribution in [1.82, 2.24) is 0 Å². The van der Waals surface area contributed by atoms with E-state index < -0.39 is 0 Å². The zero-order valence-corrected chi connectivity index (χ0v) is 15.7. The third kappa shape index (κ3) is 3.37.